The minimum absolute atomic E-state index is 0.106. The maximum absolute atomic E-state index is 12.0. The minimum atomic E-state index is -2.80. The molecule has 0 saturated carbocycles. The normalized spacial score (nSPS) is 12.2. The van der Waals surface area contributed by atoms with E-state index >= 15 is 0 Å². The predicted molar refractivity (Wildman–Crippen MR) is 79.3 cm³/mol. The van der Waals surface area contributed by atoms with Gasteiger partial charge in [-0.25, -0.2) is 0 Å². The van der Waals surface area contributed by atoms with Gasteiger partial charge in [0.2, 0.25) is 0 Å². The van der Waals surface area contributed by atoms with Crippen LogP contribution < -0.4 is 10.1 Å². The number of anilines is 1. The molecule has 0 aliphatic rings. The van der Waals surface area contributed by atoms with E-state index in [2.05, 4.69) is 26.0 Å². The Morgan fingerprint density at radius 2 is 1.80 bits per heavy atom. The summed E-state index contributed by atoms with van der Waals surface area (Å²) < 4.78 is 29.4. The van der Waals surface area contributed by atoms with Gasteiger partial charge in [0.15, 0.2) is 0 Å². The number of ether oxygens (including phenoxy) is 1. The molecular formula is C15H14BrF2NO. The van der Waals surface area contributed by atoms with Crippen LogP contribution in [-0.2, 0) is 0 Å². The Bertz CT molecular complexity index is 560. The third kappa shape index (κ3) is 4.20. The highest BCUT2D eigenvalue weighted by atomic mass is 79.9. The molecule has 5 heteroatoms. The van der Waals surface area contributed by atoms with E-state index in [-0.39, 0.29) is 11.8 Å². The third-order valence-corrected chi connectivity index (χ3v) is 3.30. The topological polar surface area (TPSA) is 21.3 Å². The van der Waals surface area contributed by atoms with Gasteiger partial charge in [0.1, 0.15) is 5.75 Å². The van der Waals surface area contributed by atoms with Crippen molar-refractivity contribution in [1.82, 2.24) is 0 Å². The molecule has 0 aromatic heterocycles. The number of benzene rings is 2. The SMILES string of the molecule is CC(Nc1ccc(OC(F)F)cc1)c1cccc(Br)c1. The summed E-state index contributed by atoms with van der Waals surface area (Å²) in [6.45, 7) is -0.764. The quantitative estimate of drug-likeness (QED) is 0.804. The summed E-state index contributed by atoms with van der Waals surface area (Å²) >= 11 is 3.43. The van der Waals surface area contributed by atoms with Crippen molar-refractivity contribution in [3.63, 3.8) is 0 Å². The zero-order valence-corrected chi connectivity index (χ0v) is 12.4. The third-order valence-electron chi connectivity index (χ3n) is 2.81. The molecule has 2 aromatic rings. The number of rotatable bonds is 5. The van der Waals surface area contributed by atoms with E-state index in [1.54, 1.807) is 12.1 Å². The number of hydrogen-bond donors (Lipinski definition) is 1. The fourth-order valence-corrected chi connectivity index (χ4v) is 2.26. The fourth-order valence-electron chi connectivity index (χ4n) is 1.84. The lowest BCUT2D eigenvalue weighted by Crippen LogP contribution is -2.06. The molecule has 0 bridgehead atoms. The molecule has 1 unspecified atom stereocenters. The van der Waals surface area contributed by atoms with Gasteiger partial charge in [0, 0.05) is 16.2 Å². The average Bonchev–Trinajstić information content (AvgIpc) is 2.40. The average molecular weight is 342 g/mol. The highest BCUT2D eigenvalue weighted by Gasteiger charge is 2.07. The summed E-state index contributed by atoms with van der Waals surface area (Å²) in [7, 11) is 0. The molecule has 0 radical (unpaired) electrons. The van der Waals surface area contributed by atoms with Crippen molar-refractivity contribution < 1.29 is 13.5 Å². The van der Waals surface area contributed by atoms with Crippen molar-refractivity contribution >= 4 is 21.6 Å². The van der Waals surface area contributed by atoms with Gasteiger partial charge in [0.05, 0.1) is 0 Å². The first-order chi connectivity index (χ1) is 9.54. The second kappa shape index (κ2) is 6.70. The van der Waals surface area contributed by atoms with Gasteiger partial charge < -0.3 is 10.1 Å². The Labute approximate surface area is 124 Å². The molecule has 106 valence electrons. The van der Waals surface area contributed by atoms with Crippen LogP contribution >= 0.6 is 15.9 Å². The van der Waals surface area contributed by atoms with Gasteiger partial charge in [-0.1, -0.05) is 28.1 Å². The van der Waals surface area contributed by atoms with E-state index in [0.717, 1.165) is 15.7 Å². The molecule has 0 fully saturated rings. The van der Waals surface area contributed by atoms with Crippen LogP contribution in [0, 0.1) is 0 Å². The van der Waals surface area contributed by atoms with E-state index in [4.69, 9.17) is 0 Å². The lowest BCUT2D eigenvalue weighted by Gasteiger charge is -2.16. The van der Waals surface area contributed by atoms with Crippen LogP contribution in [0.1, 0.15) is 18.5 Å². The summed E-state index contributed by atoms with van der Waals surface area (Å²) in [5, 5.41) is 3.30. The Kier molecular flexibility index (Phi) is 4.95. The second-order valence-electron chi connectivity index (χ2n) is 4.32. The van der Waals surface area contributed by atoms with E-state index in [1.807, 2.05) is 31.2 Å². The molecule has 0 amide bonds. The van der Waals surface area contributed by atoms with Crippen LogP contribution in [0.15, 0.2) is 53.0 Å². The standard InChI is InChI=1S/C15H14BrF2NO/c1-10(11-3-2-4-12(16)9-11)19-13-5-7-14(8-6-13)20-15(17)18/h2-10,15,19H,1H3. The van der Waals surface area contributed by atoms with Crippen molar-refractivity contribution in [3.8, 4) is 5.75 Å². The molecule has 0 aliphatic heterocycles. The van der Waals surface area contributed by atoms with Crippen molar-refractivity contribution in [1.29, 1.82) is 0 Å². The number of halogens is 3. The number of alkyl halides is 2. The molecule has 0 aliphatic carbocycles. The van der Waals surface area contributed by atoms with E-state index in [9.17, 15) is 8.78 Å². The Balaban J connectivity index is 2.02. The summed E-state index contributed by atoms with van der Waals surface area (Å²) in [5.41, 5.74) is 1.98. The summed E-state index contributed by atoms with van der Waals surface area (Å²) in [6.07, 6.45) is 0. The van der Waals surface area contributed by atoms with Crippen LogP contribution in [0.2, 0.25) is 0 Å². The molecule has 0 saturated heterocycles. The lowest BCUT2D eigenvalue weighted by atomic mass is 10.1. The maximum Gasteiger partial charge on any atom is 0.387 e. The van der Waals surface area contributed by atoms with Gasteiger partial charge in [0.25, 0.3) is 0 Å². The fraction of sp³-hybridized carbons (Fsp3) is 0.200. The van der Waals surface area contributed by atoms with Crippen LogP contribution in [-0.4, -0.2) is 6.61 Å². The van der Waals surface area contributed by atoms with Crippen molar-refractivity contribution in [2.75, 3.05) is 5.32 Å². The zero-order chi connectivity index (χ0) is 14.5. The first kappa shape index (κ1) is 14.8. The lowest BCUT2D eigenvalue weighted by molar-refractivity contribution is -0.0498. The Hall–Kier alpha value is -1.62. The van der Waals surface area contributed by atoms with Gasteiger partial charge in [-0.05, 0) is 48.9 Å². The van der Waals surface area contributed by atoms with E-state index in [1.165, 1.54) is 12.1 Å². The number of nitrogens with one attached hydrogen (secondary N) is 1. The molecule has 0 heterocycles. The van der Waals surface area contributed by atoms with Crippen molar-refractivity contribution in [2.45, 2.75) is 19.6 Å². The predicted octanol–water partition coefficient (Wildman–Crippen LogP) is 5.22. The van der Waals surface area contributed by atoms with Crippen LogP contribution in [0.4, 0.5) is 14.5 Å². The molecule has 0 spiro atoms. The summed E-state index contributed by atoms with van der Waals surface area (Å²) in [4.78, 5) is 0. The zero-order valence-electron chi connectivity index (χ0n) is 10.8. The summed E-state index contributed by atoms with van der Waals surface area (Å²) in [5.74, 6) is 0.153. The van der Waals surface area contributed by atoms with Gasteiger partial charge >= 0.3 is 6.61 Å². The molecule has 2 rings (SSSR count). The first-order valence-electron chi connectivity index (χ1n) is 6.11. The van der Waals surface area contributed by atoms with Crippen LogP contribution in [0.5, 0.6) is 5.75 Å². The number of hydrogen-bond acceptors (Lipinski definition) is 2. The van der Waals surface area contributed by atoms with E-state index < -0.39 is 6.61 Å². The van der Waals surface area contributed by atoms with Gasteiger partial charge in [-0.3, -0.25) is 0 Å². The Morgan fingerprint density at radius 1 is 1.10 bits per heavy atom. The smallest absolute Gasteiger partial charge is 0.387 e. The monoisotopic (exact) mass is 341 g/mol. The largest absolute Gasteiger partial charge is 0.435 e. The molecule has 1 atom stereocenters. The van der Waals surface area contributed by atoms with Crippen LogP contribution in [0.3, 0.4) is 0 Å². The minimum Gasteiger partial charge on any atom is -0.435 e. The molecule has 2 nitrogen and oxygen atoms in total. The molecular weight excluding hydrogens is 328 g/mol. The van der Waals surface area contributed by atoms with Gasteiger partial charge in [-0.2, -0.15) is 8.78 Å². The molecule has 20 heavy (non-hydrogen) atoms. The second-order valence-corrected chi connectivity index (χ2v) is 5.24. The first-order valence-corrected chi connectivity index (χ1v) is 6.91. The van der Waals surface area contributed by atoms with Gasteiger partial charge in [-0.15, -0.1) is 0 Å². The van der Waals surface area contributed by atoms with Crippen molar-refractivity contribution in [2.24, 2.45) is 0 Å². The van der Waals surface area contributed by atoms with E-state index in [0.29, 0.717) is 0 Å². The maximum atomic E-state index is 12.0. The highest BCUT2D eigenvalue weighted by Crippen LogP contribution is 2.24. The van der Waals surface area contributed by atoms with Crippen molar-refractivity contribution in [3.05, 3.63) is 58.6 Å². The molecule has 1 N–H and O–H groups in total. The summed E-state index contributed by atoms with van der Waals surface area (Å²) in [6, 6.07) is 14.6. The Morgan fingerprint density at radius 3 is 2.40 bits per heavy atom. The molecule has 2 aromatic carbocycles. The highest BCUT2D eigenvalue weighted by molar-refractivity contribution is 9.10. The van der Waals surface area contributed by atoms with Crippen LogP contribution in [0.25, 0.3) is 0 Å².